The topological polar surface area (TPSA) is 111 Å². The van der Waals surface area contributed by atoms with Crippen LogP contribution in [0.2, 0.25) is 0 Å². The summed E-state index contributed by atoms with van der Waals surface area (Å²) in [6.45, 7) is 11.3. The van der Waals surface area contributed by atoms with E-state index in [0.717, 1.165) is 35.4 Å². The summed E-state index contributed by atoms with van der Waals surface area (Å²) in [5.41, 5.74) is 4.06. The fourth-order valence-electron chi connectivity index (χ4n) is 3.31. The van der Waals surface area contributed by atoms with E-state index in [1.54, 1.807) is 23.9 Å². The van der Waals surface area contributed by atoms with Gasteiger partial charge >= 0.3 is 16.8 Å². The number of likely N-dealkylation sites (N-methyl/N-ethyl adjacent to an activating group) is 2. The van der Waals surface area contributed by atoms with E-state index in [1.165, 1.54) is 0 Å². The third-order valence-corrected chi connectivity index (χ3v) is 4.84. The van der Waals surface area contributed by atoms with Crippen molar-refractivity contribution in [2.45, 2.75) is 66.5 Å². The number of carboxylic acid groups (broad SMARTS) is 2. The van der Waals surface area contributed by atoms with Gasteiger partial charge in [-0.15, -0.1) is 0 Å². The van der Waals surface area contributed by atoms with Crippen LogP contribution in [0.4, 0.5) is 0 Å². The molecule has 1 radical (unpaired) electrons. The molecule has 0 aliphatic heterocycles. The van der Waals surface area contributed by atoms with Gasteiger partial charge in [-0.05, 0) is 52.7 Å². The fourth-order valence-corrected chi connectivity index (χ4v) is 3.31. The zero-order chi connectivity index (χ0) is 24.6. The number of aliphatic carboxylic acids is 2. The number of rotatable bonds is 4. The van der Waals surface area contributed by atoms with Crippen molar-refractivity contribution in [2.75, 3.05) is 14.1 Å². The second-order valence-corrected chi connectivity index (χ2v) is 8.26. The summed E-state index contributed by atoms with van der Waals surface area (Å²) in [5, 5.41) is 22.0. The van der Waals surface area contributed by atoms with Crippen LogP contribution in [0.3, 0.4) is 0 Å². The van der Waals surface area contributed by atoms with Crippen molar-refractivity contribution in [3.8, 4) is 0 Å². The SMILES string of the molecule is CC1=C(N(C)C(=NC(C)C)C(=O)[O-])CC=C1.CC1=C(N(C)C(=NC(C)C)C(=O)[O-])CC=C1.[Co+2]. The van der Waals surface area contributed by atoms with Gasteiger partial charge in [-0.2, -0.15) is 0 Å². The van der Waals surface area contributed by atoms with E-state index < -0.39 is 11.9 Å². The largest absolute Gasteiger partial charge is 2.00 e. The molecule has 0 atom stereocenters. The first-order valence-corrected chi connectivity index (χ1v) is 10.6. The Kier molecular flexibility index (Phi) is 12.7. The average Bonchev–Trinajstić information content (AvgIpc) is 3.31. The summed E-state index contributed by atoms with van der Waals surface area (Å²) in [6, 6.07) is -0.128. The molecule has 0 spiro atoms. The van der Waals surface area contributed by atoms with Gasteiger partial charge in [-0.3, -0.25) is 9.98 Å². The van der Waals surface area contributed by atoms with Crippen LogP contribution in [-0.2, 0) is 26.4 Å². The van der Waals surface area contributed by atoms with Crippen LogP contribution >= 0.6 is 0 Å². The van der Waals surface area contributed by atoms with Gasteiger partial charge in [-0.1, -0.05) is 24.3 Å². The number of aliphatic imine (C=N–C) groups is 2. The molecule has 8 nitrogen and oxygen atoms in total. The number of carbonyl (C=O) groups excluding carboxylic acids is 2. The molecule has 33 heavy (non-hydrogen) atoms. The summed E-state index contributed by atoms with van der Waals surface area (Å²) in [5.74, 6) is -2.48. The van der Waals surface area contributed by atoms with Crippen LogP contribution in [0, 0.1) is 0 Å². The Bertz CT molecular complexity index is 837. The molecular formula is C24H34CoN4O4. The minimum Gasteiger partial charge on any atom is -0.542 e. The predicted octanol–water partition coefficient (Wildman–Crippen LogP) is 1.42. The molecule has 0 fully saturated rings. The van der Waals surface area contributed by atoms with Crippen molar-refractivity contribution in [1.82, 2.24) is 9.80 Å². The van der Waals surface area contributed by atoms with Crippen LogP contribution in [0.25, 0.3) is 0 Å². The van der Waals surface area contributed by atoms with Crippen LogP contribution < -0.4 is 10.2 Å². The van der Waals surface area contributed by atoms with Crippen LogP contribution in [-0.4, -0.2) is 59.6 Å². The van der Waals surface area contributed by atoms with Crippen LogP contribution in [0.15, 0.2) is 56.8 Å². The number of hydrogen-bond donors (Lipinski definition) is 0. The molecule has 0 aromatic carbocycles. The molecule has 183 valence electrons. The average molecular weight is 501 g/mol. The van der Waals surface area contributed by atoms with Gasteiger partial charge in [0, 0.05) is 50.4 Å². The maximum atomic E-state index is 11.0. The van der Waals surface area contributed by atoms with Crippen molar-refractivity contribution >= 4 is 23.6 Å². The van der Waals surface area contributed by atoms with Gasteiger partial charge in [0.25, 0.3) is 0 Å². The molecule has 0 amide bonds. The van der Waals surface area contributed by atoms with E-state index in [2.05, 4.69) is 9.98 Å². The number of amidine groups is 2. The van der Waals surface area contributed by atoms with Gasteiger partial charge in [0.05, 0.1) is 0 Å². The Balaban J connectivity index is 0.000000602. The Morgan fingerprint density at radius 2 is 1.09 bits per heavy atom. The normalized spacial score (nSPS) is 15.7. The standard InChI is InChI=1S/2C12H18N2O2.Co/c2*1-8(2)13-11(12(15)16)14(4)10-7-5-6-9(10)3;/h2*5-6,8H,7H2,1-4H3,(H,15,16);/q;;+2/p-2. The minimum absolute atomic E-state index is 0. The molecule has 0 saturated carbocycles. The zero-order valence-electron chi connectivity index (χ0n) is 20.6. The van der Waals surface area contributed by atoms with E-state index in [-0.39, 0.29) is 40.5 Å². The quantitative estimate of drug-likeness (QED) is 0.426. The van der Waals surface area contributed by atoms with Crippen molar-refractivity contribution in [1.29, 1.82) is 0 Å². The van der Waals surface area contributed by atoms with Gasteiger partial charge in [-0.25, -0.2) is 0 Å². The molecule has 0 unspecified atom stereocenters. The molecule has 0 aromatic heterocycles. The van der Waals surface area contributed by atoms with Crippen LogP contribution in [0.5, 0.6) is 0 Å². The number of allylic oxidation sites excluding steroid dienone is 6. The number of carboxylic acids is 2. The molecular weight excluding hydrogens is 467 g/mol. The zero-order valence-corrected chi connectivity index (χ0v) is 21.7. The monoisotopic (exact) mass is 501 g/mol. The van der Waals surface area contributed by atoms with Crippen molar-refractivity contribution in [3.05, 3.63) is 46.8 Å². The molecule has 0 bridgehead atoms. The summed E-state index contributed by atoms with van der Waals surface area (Å²) in [7, 11) is 3.42. The summed E-state index contributed by atoms with van der Waals surface area (Å²) >= 11 is 0. The van der Waals surface area contributed by atoms with E-state index in [9.17, 15) is 19.8 Å². The van der Waals surface area contributed by atoms with Crippen molar-refractivity contribution in [3.63, 3.8) is 0 Å². The van der Waals surface area contributed by atoms with Gasteiger partial charge < -0.3 is 29.6 Å². The summed E-state index contributed by atoms with van der Waals surface area (Å²) in [4.78, 5) is 33.4. The second-order valence-electron chi connectivity index (χ2n) is 8.26. The fraction of sp³-hybridized carbons (Fsp3) is 0.500. The Hall–Kier alpha value is -2.65. The number of carbonyl (C=O) groups is 2. The number of nitrogens with zero attached hydrogens (tertiary/aromatic N) is 4. The number of hydrogen-bond acceptors (Lipinski definition) is 6. The molecule has 0 N–H and O–H groups in total. The van der Waals surface area contributed by atoms with E-state index in [4.69, 9.17) is 0 Å². The summed E-state index contributed by atoms with van der Waals surface area (Å²) < 4.78 is 0. The van der Waals surface area contributed by atoms with E-state index >= 15 is 0 Å². The first kappa shape index (κ1) is 30.3. The third kappa shape index (κ3) is 9.01. The van der Waals surface area contributed by atoms with Gasteiger partial charge in [0.2, 0.25) is 0 Å². The third-order valence-electron chi connectivity index (χ3n) is 4.84. The Morgan fingerprint density at radius 1 is 0.788 bits per heavy atom. The molecule has 2 aliphatic carbocycles. The van der Waals surface area contributed by atoms with Gasteiger partial charge in [0.1, 0.15) is 11.9 Å². The molecule has 0 aromatic rings. The smallest absolute Gasteiger partial charge is 0.542 e. The van der Waals surface area contributed by atoms with Crippen molar-refractivity contribution in [2.24, 2.45) is 9.98 Å². The minimum atomic E-state index is -1.23. The molecule has 9 heteroatoms. The molecule has 2 aliphatic rings. The maximum Gasteiger partial charge on any atom is 2.00 e. The molecule has 0 heterocycles. The van der Waals surface area contributed by atoms with Crippen LogP contribution in [0.1, 0.15) is 54.4 Å². The predicted molar refractivity (Wildman–Crippen MR) is 124 cm³/mol. The Morgan fingerprint density at radius 3 is 1.27 bits per heavy atom. The summed E-state index contributed by atoms with van der Waals surface area (Å²) in [6.07, 6.45) is 9.45. The first-order valence-electron chi connectivity index (χ1n) is 10.6. The second kappa shape index (κ2) is 13.8. The molecule has 0 saturated heterocycles. The first-order chi connectivity index (χ1) is 14.9. The molecule has 2 rings (SSSR count). The van der Waals surface area contributed by atoms with E-state index in [1.807, 2.05) is 65.8 Å². The van der Waals surface area contributed by atoms with Gasteiger partial charge in [0.15, 0.2) is 11.7 Å². The van der Waals surface area contributed by atoms with Crippen molar-refractivity contribution < 1.29 is 36.6 Å². The van der Waals surface area contributed by atoms with E-state index in [0.29, 0.717) is 0 Å². The maximum absolute atomic E-state index is 11.0. The Labute approximate surface area is 207 Å².